The predicted molar refractivity (Wildman–Crippen MR) is 73.9 cm³/mol. The molecule has 3 rings (SSSR count). The maximum absolute atomic E-state index is 12.7. The first-order valence-corrected chi connectivity index (χ1v) is 8.14. The third-order valence-corrected chi connectivity index (χ3v) is 5.65. The monoisotopic (exact) mass is 281 g/mol. The molecule has 0 aliphatic heterocycles. The standard InChI is InChI=1S/C13H19N3O2S/c14-15-11-3-7-13(8-4-11)19(17,18)16(12-5-6-12)9-10-1-2-10/h3-4,7-8,10,12,15H,1-2,5-6,9,14H2. The Morgan fingerprint density at radius 3 is 2.26 bits per heavy atom. The zero-order valence-corrected chi connectivity index (χ0v) is 11.6. The van der Waals surface area contributed by atoms with Gasteiger partial charge in [0.15, 0.2) is 0 Å². The van der Waals surface area contributed by atoms with Gasteiger partial charge in [-0.25, -0.2) is 8.42 Å². The van der Waals surface area contributed by atoms with Gasteiger partial charge in [0, 0.05) is 18.3 Å². The van der Waals surface area contributed by atoms with E-state index in [0.717, 1.165) is 25.7 Å². The van der Waals surface area contributed by atoms with Gasteiger partial charge in [-0.3, -0.25) is 5.84 Å². The van der Waals surface area contributed by atoms with E-state index in [1.807, 2.05) is 0 Å². The van der Waals surface area contributed by atoms with E-state index in [1.165, 1.54) is 0 Å². The molecule has 0 amide bonds. The lowest BCUT2D eigenvalue weighted by atomic mass is 10.3. The Morgan fingerprint density at radius 2 is 1.79 bits per heavy atom. The molecule has 6 heteroatoms. The van der Waals surface area contributed by atoms with Crippen LogP contribution < -0.4 is 11.3 Å². The molecule has 0 aromatic heterocycles. The average Bonchev–Trinajstić information content (AvgIpc) is 3.28. The first kappa shape index (κ1) is 12.9. The number of hydrogen-bond donors (Lipinski definition) is 2. The summed E-state index contributed by atoms with van der Waals surface area (Å²) in [7, 11) is -3.35. The summed E-state index contributed by atoms with van der Waals surface area (Å²) in [6.45, 7) is 0.684. The summed E-state index contributed by atoms with van der Waals surface area (Å²) < 4.78 is 27.0. The van der Waals surface area contributed by atoms with Crippen LogP contribution in [0.5, 0.6) is 0 Å². The smallest absolute Gasteiger partial charge is 0.243 e. The van der Waals surface area contributed by atoms with E-state index in [0.29, 0.717) is 23.0 Å². The van der Waals surface area contributed by atoms with Crippen molar-refractivity contribution in [3.8, 4) is 0 Å². The first-order valence-electron chi connectivity index (χ1n) is 6.70. The summed E-state index contributed by atoms with van der Waals surface area (Å²) in [5, 5.41) is 0. The lowest BCUT2D eigenvalue weighted by Crippen LogP contribution is -2.34. The Bertz CT molecular complexity index is 548. The summed E-state index contributed by atoms with van der Waals surface area (Å²) in [6, 6.07) is 6.84. The Labute approximate surface area is 113 Å². The molecule has 2 fully saturated rings. The van der Waals surface area contributed by atoms with Gasteiger partial charge in [-0.15, -0.1) is 0 Å². The van der Waals surface area contributed by atoms with Crippen LogP contribution >= 0.6 is 0 Å². The Morgan fingerprint density at radius 1 is 1.16 bits per heavy atom. The van der Waals surface area contributed by atoms with E-state index in [-0.39, 0.29) is 6.04 Å². The summed E-state index contributed by atoms with van der Waals surface area (Å²) in [5.41, 5.74) is 3.21. The fourth-order valence-electron chi connectivity index (χ4n) is 2.22. The van der Waals surface area contributed by atoms with Gasteiger partial charge in [0.25, 0.3) is 0 Å². The molecule has 0 saturated heterocycles. The van der Waals surface area contributed by atoms with Crippen molar-refractivity contribution < 1.29 is 8.42 Å². The van der Waals surface area contributed by atoms with Gasteiger partial charge < -0.3 is 5.43 Å². The Hall–Kier alpha value is -1.11. The second-order valence-corrected chi connectivity index (χ2v) is 7.31. The minimum atomic E-state index is -3.35. The highest BCUT2D eigenvalue weighted by atomic mass is 32.2. The van der Waals surface area contributed by atoms with Crippen LogP contribution in [-0.2, 0) is 10.0 Å². The average molecular weight is 281 g/mol. The minimum absolute atomic E-state index is 0.220. The molecule has 104 valence electrons. The minimum Gasteiger partial charge on any atom is -0.324 e. The summed E-state index contributed by atoms with van der Waals surface area (Å²) in [4.78, 5) is 0.360. The second-order valence-electron chi connectivity index (χ2n) is 5.42. The molecular weight excluding hydrogens is 262 g/mol. The molecule has 2 aliphatic carbocycles. The third kappa shape index (κ3) is 2.75. The van der Waals surface area contributed by atoms with Crippen molar-refractivity contribution in [2.24, 2.45) is 11.8 Å². The number of rotatable bonds is 6. The molecule has 19 heavy (non-hydrogen) atoms. The largest absolute Gasteiger partial charge is 0.324 e. The highest BCUT2D eigenvalue weighted by Crippen LogP contribution is 2.38. The quantitative estimate of drug-likeness (QED) is 0.612. The number of nitrogens with zero attached hydrogens (tertiary/aromatic N) is 1. The van der Waals surface area contributed by atoms with E-state index in [2.05, 4.69) is 5.43 Å². The van der Waals surface area contributed by atoms with Crippen LogP contribution in [0.3, 0.4) is 0 Å². The lowest BCUT2D eigenvalue weighted by molar-refractivity contribution is 0.389. The van der Waals surface area contributed by atoms with Crippen LogP contribution in [-0.4, -0.2) is 25.3 Å². The lowest BCUT2D eigenvalue weighted by Gasteiger charge is -2.21. The summed E-state index contributed by atoms with van der Waals surface area (Å²) in [6.07, 6.45) is 4.31. The number of nitrogens with two attached hydrogens (primary N) is 1. The van der Waals surface area contributed by atoms with Crippen LogP contribution in [0.15, 0.2) is 29.2 Å². The van der Waals surface area contributed by atoms with Crippen molar-refractivity contribution in [1.82, 2.24) is 4.31 Å². The van der Waals surface area contributed by atoms with Gasteiger partial charge >= 0.3 is 0 Å². The maximum Gasteiger partial charge on any atom is 0.243 e. The normalized spacial score (nSPS) is 19.7. The van der Waals surface area contributed by atoms with Gasteiger partial charge in [-0.05, 0) is 55.9 Å². The zero-order chi connectivity index (χ0) is 13.5. The molecule has 0 spiro atoms. The molecule has 2 saturated carbocycles. The number of nitrogens with one attached hydrogen (secondary N) is 1. The molecule has 0 radical (unpaired) electrons. The van der Waals surface area contributed by atoms with E-state index in [1.54, 1.807) is 28.6 Å². The molecule has 0 bridgehead atoms. The van der Waals surface area contributed by atoms with Crippen molar-refractivity contribution in [3.63, 3.8) is 0 Å². The summed E-state index contributed by atoms with van der Waals surface area (Å²) in [5.74, 6) is 5.86. The molecule has 1 aromatic rings. The topological polar surface area (TPSA) is 75.4 Å². The van der Waals surface area contributed by atoms with Gasteiger partial charge in [0.2, 0.25) is 10.0 Å². The van der Waals surface area contributed by atoms with Crippen molar-refractivity contribution >= 4 is 15.7 Å². The third-order valence-electron chi connectivity index (χ3n) is 3.72. The fraction of sp³-hybridized carbons (Fsp3) is 0.538. The molecule has 5 nitrogen and oxygen atoms in total. The first-order chi connectivity index (χ1) is 9.11. The van der Waals surface area contributed by atoms with Crippen LogP contribution in [0.4, 0.5) is 5.69 Å². The number of anilines is 1. The number of sulfonamides is 1. The van der Waals surface area contributed by atoms with Gasteiger partial charge in [-0.2, -0.15) is 4.31 Å². The van der Waals surface area contributed by atoms with Crippen molar-refractivity contribution in [2.75, 3.05) is 12.0 Å². The fourth-order valence-corrected chi connectivity index (χ4v) is 3.98. The molecule has 1 aromatic carbocycles. The van der Waals surface area contributed by atoms with Gasteiger partial charge in [0.05, 0.1) is 4.90 Å². The molecule has 3 N–H and O–H groups in total. The van der Waals surface area contributed by atoms with Crippen LogP contribution in [0.25, 0.3) is 0 Å². The molecule has 0 atom stereocenters. The van der Waals surface area contributed by atoms with Crippen LogP contribution in [0.1, 0.15) is 25.7 Å². The zero-order valence-electron chi connectivity index (χ0n) is 10.7. The van der Waals surface area contributed by atoms with Crippen LogP contribution in [0.2, 0.25) is 0 Å². The molecule has 0 unspecified atom stereocenters. The maximum atomic E-state index is 12.7. The Kier molecular flexibility index (Phi) is 3.24. The second kappa shape index (κ2) is 4.77. The van der Waals surface area contributed by atoms with Crippen molar-refractivity contribution in [3.05, 3.63) is 24.3 Å². The van der Waals surface area contributed by atoms with E-state index in [9.17, 15) is 8.42 Å². The number of benzene rings is 1. The number of nitrogen functional groups attached to an aromatic ring is 1. The van der Waals surface area contributed by atoms with Crippen LogP contribution in [0, 0.1) is 5.92 Å². The number of hydrazine groups is 1. The van der Waals surface area contributed by atoms with E-state index >= 15 is 0 Å². The molecule has 0 heterocycles. The van der Waals surface area contributed by atoms with Crippen molar-refractivity contribution in [1.29, 1.82) is 0 Å². The molecule has 2 aliphatic rings. The van der Waals surface area contributed by atoms with E-state index < -0.39 is 10.0 Å². The SMILES string of the molecule is NNc1ccc(S(=O)(=O)N(CC2CC2)C2CC2)cc1. The van der Waals surface area contributed by atoms with Gasteiger partial charge in [-0.1, -0.05) is 0 Å². The summed E-state index contributed by atoms with van der Waals surface area (Å²) >= 11 is 0. The van der Waals surface area contributed by atoms with Gasteiger partial charge in [0.1, 0.15) is 0 Å². The Balaban J connectivity index is 1.85. The van der Waals surface area contributed by atoms with Crippen molar-refractivity contribution in [2.45, 2.75) is 36.6 Å². The highest BCUT2D eigenvalue weighted by molar-refractivity contribution is 7.89. The molecular formula is C13H19N3O2S. The predicted octanol–water partition coefficient (Wildman–Crippen LogP) is 1.54. The van der Waals surface area contributed by atoms with E-state index in [4.69, 9.17) is 5.84 Å². The highest BCUT2D eigenvalue weighted by Gasteiger charge is 2.40. The number of hydrogen-bond acceptors (Lipinski definition) is 4.